The standard InChI is InChI=1S/C8H14N6O/c1-2-3-11-8(15)13-7-5(6(9)10)4-12-14-7/h4H,2-3H2,1H3,(H3,9,10)(H3,11,12,13,14,15). The molecule has 0 atom stereocenters. The van der Waals surface area contributed by atoms with Crippen LogP contribution in [0.2, 0.25) is 0 Å². The summed E-state index contributed by atoms with van der Waals surface area (Å²) in [6, 6.07) is -0.344. The summed E-state index contributed by atoms with van der Waals surface area (Å²) in [7, 11) is 0. The third kappa shape index (κ3) is 2.97. The first-order valence-electron chi connectivity index (χ1n) is 4.57. The van der Waals surface area contributed by atoms with Crippen LogP contribution >= 0.6 is 0 Å². The highest BCUT2D eigenvalue weighted by Gasteiger charge is 2.09. The van der Waals surface area contributed by atoms with E-state index in [1.54, 1.807) is 0 Å². The minimum Gasteiger partial charge on any atom is -0.384 e. The van der Waals surface area contributed by atoms with Gasteiger partial charge in [-0.3, -0.25) is 15.8 Å². The molecule has 82 valence electrons. The van der Waals surface area contributed by atoms with Crippen molar-refractivity contribution in [2.45, 2.75) is 13.3 Å². The minimum absolute atomic E-state index is 0.144. The second-order valence-electron chi connectivity index (χ2n) is 2.95. The highest BCUT2D eigenvalue weighted by molar-refractivity contribution is 6.02. The summed E-state index contributed by atoms with van der Waals surface area (Å²) in [5, 5.41) is 18.6. The number of H-pyrrole nitrogens is 1. The number of carbonyl (C=O) groups is 1. The summed E-state index contributed by atoms with van der Waals surface area (Å²) >= 11 is 0. The topological polar surface area (TPSA) is 120 Å². The van der Waals surface area contributed by atoms with Crippen molar-refractivity contribution in [1.82, 2.24) is 15.5 Å². The second kappa shape index (κ2) is 4.99. The van der Waals surface area contributed by atoms with Gasteiger partial charge in [0.05, 0.1) is 11.8 Å². The van der Waals surface area contributed by atoms with Crippen molar-refractivity contribution in [3.05, 3.63) is 11.8 Å². The van der Waals surface area contributed by atoms with Crippen LogP contribution in [-0.4, -0.2) is 28.6 Å². The van der Waals surface area contributed by atoms with E-state index in [0.29, 0.717) is 17.9 Å². The number of urea groups is 1. The fourth-order valence-corrected chi connectivity index (χ4v) is 0.982. The Hall–Kier alpha value is -2.05. The summed E-state index contributed by atoms with van der Waals surface area (Å²) < 4.78 is 0. The van der Waals surface area contributed by atoms with Crippen LogP contribution < -0.4 is 16.4 Å². The van der Waals surface area contributed by atoms with Gasteiger partial charge in [-0.1, -0.05) is 6.92 Å². The van der Waals surface area contributed by atoms with Crippen molar-refractivity contribution < 1.29 is 4.79 Å². The highest BCUT2D eigenvalue weighted by atomic mass is 16.2. The number of nitrogens with one attached hydrogen (secondary N) is 4. The van der Waals surface area contributed by atoms with Crippen molar-refractivity contribution in [3.8, 4) is 0 Å². The first-order chi connectivity index (χ1) is 7.15. The van der Waals surface area contributed by atoms with E-state index in [-0.39, 0.29) is 11.9 Å². The van der Waals surface area contributed by atoms with Crippen molar-refractivity contribution in [2.75, 3.05) is 11.9 Å². The average molecular weight is 210 g/mol. The lowest BCUT2D eigenvalue weighted by Crippen LogP contribution is -2.30. The quantitative estimate of drug-likeness (QED) is 0.361. The van der Waals surface area contributed by atoms with Crippen molar-refractivity contribution in [2.24, 2.45) is 5.73 Å². The van der Waals surface area contributed by atoms with E-state index >= 15 is 0 Å². The summed E-state index contributed by atoms with van der Waals surface area (Å²) in [4.78, 5) is 11.3. The molecule has 0 aliphatic rings. The number of aromatic nitrogens is 2. The third-order valence-corrected chi connectivity index (χ3v) is 1.70. The predicted molar refractivity (Wildman–Crippen MR) is 56.9 cm³/mol. The molecule has 7 nitrogen and oxygen atoms in total. The van der Waals surface area contributed by atoms with Crippen molar-refractivity contribution in [3.63, 3.8) is 0 Å². The Morgan fingerprint density at radius 1 is 1.73 bits per heavy atom. The molecule has 2 amide bonds. The van der Waals surface area contributed by atoms with E-state index < -0.39 is 0 Å². The molecule has 0 fully saturated rings. The van der Waals surface area contributed by atoms with E-state index in [0.717, 1.165) is 6.42 Å². The molecule has 7 heteroatoms. The van der Waals surface area contributed by atoms with Gasteiger partial charge in [0.25, 0.3) is 0 Å². The summed E-state index contributed by atoms with van der Waals surface area (Å²) in [5.41, 5.74) is 5.66. The lowest BCUT2D eigenvalue weighted by atomic mass is 10.3. The third-order valence-electron chi connectivity index (χ3n) is 1.70. The van der Waals surface area contributed by atoms with Crippen LogP contribution in [0.5, 0.6) is 0 Å². The minimum atomic E-state index is -0.344. The molecule has 1 aromatic rings. The van der Waals surface area contributed by atoms with Gasteiger partial charge in [-0.25, -0.2) is 4.79 Å². The smallest absolute Gasteiger partial charge is 0.320 e. The Kier molecular flexibility index (Phi) is 3.67. The van der Waals surface area contributed by atoms with Gasteiger partial charge in [-0.2, -0.15) is 5.10 Å². The average Bonchev–Trinajstić information content (AvgIpc) is 2.62. The number of rotatable bonds is 4. The zero-order valence-corrected chi connectivity index (χ0v) is 8.42. The maximum absolute atomic E-state index is 11.3. The Morgan fingerprint density at radius 2 is 2.47 bits per heavy atom. The molecule has 0 spiro atoms. The molecule has 0 saturated heterocycles. The monoisotopic (exact) mass is 210 g/mol. The van der Waals surface area contributed by atoms with Crippen molar-refractivity contribution in [1.29, 1.82) is 5.41 Å². The molecule has 1 heterocycles. The number of hydrogen-bond donors (Lipinski definition) is 5. The van der Waals surface area contributed by atoms with Crippen LogP contribution in [0.1, 0.15) is 18.9 Å². The molecule has 1 aromatic heterocycles. The lowest BCUT2D eigenvalue weighted by molar-refractivity contribution is 0.252. The highest BCUT2D eigenvalue weighted by Crippen LogP contribution is 2.08. The number of anilines is 1. The molecule has 0 aliphatic heterocycles. The zero-order chi connectivity index (χ0) is 11.3. The van der Waals surface area contributed by atoms with E-state index in [2.05, 4.69) is 20.8 Å². The Labute approximate surface area is 86.9 Å². The fraction of sp³-hybridized carbons (Fsp3) is 0.375. The van der Waals surface area contributed by atoms with E-state index in [9.17, 15) is 4.79 Å². The molecular weight excluding hydrogens is 196 g/mol. The lowest BCUT2D eigenvalue weighted by Gasteiger charge is -2.05. The van der Waals surface area contributed by atoms with E-state index in [1.165, 1.54) is 6.20 Å². The Bertz CT molecular complexity index is 358. The van der Waals surface area contributed by atoms with Crippen LogP contribution in [-0.2, 0) is 0 Å². The normalized spacial score (nSPS) is 9.67. The van der Waals surface area contributed by atoms with Gasteiger partial charge < -0.3 is 11.1 Å². The molecule has 0 unspecified atom stereocenters. The maximum atomic E-state index is 11.3. The first kappa shape index (κ1) is 11.0. The molecule has 6 N–H and O–H groups in total. The molecule has 0 bridgehead atoms. The van der Waals surface area contributed by atoms with Crippen molar-refractivity contribution >= 4 is 17.7 Å². The molecule has 0 aromatic carbocycles. The van der Waals surface area contributed by atoms with E-state index in [1.807, 2.05) is 6.92 Å². The largest absolute Gasteiger partial charge is 0.384 e. The van der Waals surface area contributed by atoms with Gasteiger partial charge in [0, 0.05) is 6.54 Å². The van der Waals surface area contributed by atoms with Gasteiger partial charge in [0.1, 0.15) is 11.7 Å². The summed E-state index contributed by atoms with van der Waals surface area (Å²) in [5.74, 6) is 0.186. The SMILES string of the molecule is CCCNC(=O)Nc1[nH]ncc1C(=N)N. The molecule has 0 radical (unpaired) electrons. The summed E-state index contributed by atoms with van der Waals surface area (Å²) in [6.45, 7) is 2.55. The molecule has 0 aliphatic carbocycles. The molecule has 0 saturated carbocycles. The van der Waals surface area contributed by atoms with Gasteiger partial charge in [-0.15, -0.1) is 0 Å². The Morgan fingerprint density at radius 3 is 3.07 bits per heavy atom. The number of nitrogen functional groups attached to an aromatic ring is 1. The fourth-order valence-electron chi connectivity index (χ4n) is 0.982. The van der Waals surface area contributed by atoms with Gasteiger partial charge >= 0.3 is 6.03 Å². The number of nitrogens with zero attached hydrogens (tertiary/aromatic N) is 1. The maximum Gasteiger partial charge on any atom is 0.320 e. The number of hydrogen-bond acceptors (Lipinski definition) is 3. The number of amidine groups is 1. The van der Waals surface area contributed by atoms with Crippen LogP contribution in [0.4, 0.5) is 10.6 Å². The van der Waals surface area contributed by atoms with Crippen LogP contribution in [0.3, 0.4) is 0 Å². The zero-order valence-electron chi connectivity index (χ0n) is 8.42. The number of amides is 2. The second-order valence-corrected chi connectivity index (χ2v) is 2.95. The van der Waals surface area contributed by atoms with Gasteiger partial charge in [0.2, 0.25) is 0 Å². The number of nitrogens with two attached hydrogens (primary N) is 1. The Balaban J connectivity index is 2.60. The van der Waals surface area contributed by atoms with Crippen LogP contribution in [0, 0.1) is 5.41 Å². The van der Waals surface area contributed by atoms with Gasteiger partial charge in [-0.05, 0) is 6.42 Å². The number of aromatic amines is 1. The number of carbonyl (C=O) groups excluding carboxylic acids is 1. The van der Waals surface area contributed by atoms with Crippen LogP contribution in [0.15, 0.2) is 6.20 Å². The van der Waals surface area contributed by atoms with E-state index in [4.69, 9.17) is 11.1 Å². The molecule has 15 heavy (non-hydrogen) atoms. The first-order valence-corrected chi connectivity index (χ1v) is 4.57. The van der Waals surface area contributed by atoms with Crippen LogP contribution in [0.25, 0.3) is 0 Å². The van der Waals surface area contributed by atoms with Gasteiger partial charge in [0.15, 0.2) is 0 Å². The molecular formula is C8H14N6O. The predicted octanol–water partition coefficient (Wildman–Crippen LogP) is 0.225. The molecule has 1 rings (SSSR count). The summed E-state index contributed by atoms with van der Waals surface area (Å²) in [6.07, 6.45) is 2.24.